The number of nitrogens with zero attached hydrogens (tertiary/aromatic N) is 1. The minimum atomic E-state index is -0.488. The molecule has 1 aliphatic heterocycles. The van der Waals surface area contributed by atoms with Crippen molar-refractivity contribution in [3.05, 3.63) is 44.6 Å². The quantitative estimate of drug-likeness (QED) is 0.797. The molecule has 0 saturated carbocycles. The van der Waals surface area contributed by atoms with Crippen LogP contribution in [-0.2, 0) is 11.3 Å². The lowest BCUT2D eigenvalue weighted by atomic mass is 10.1. The molecule has 1 amide bonds. The Morgan fingerprint density at radius 1 is 1.30 bits per heavy atom. The van der Waals surface area contributed by atoms with Crippen molar-refractivity contribution in [2.75, 3.05) is 12.0 Å². The monoisotopic (exact) mass is 351 g/mol. The van der Waals surface area contributed by atoms with Crippen molar-refractivity contribution in [1.29, 1.82) is 0 Å². The predicted octanol–water partition coefficient (Wildman–Crippen LogP) is 3.25. The highest BCUT2D eigenvalue weighted by atomic mass is 79.9. The van der Waals surface area contributed by atoms with Crippen molar-refractivity contribution in [3.63, 3.8) is 0 Å². The summed E-state index contributed by atoms with van der Waals surface area (Å²) in [6.45, 7) is 0.390. The molecule has 0 N–H and O–H groups in total. The minimum absolute atomic E-state index is 0.390. The largest absolute Gasteiger partial charge is 0.497 e. The zero-order chi connectivity index (χ0) is 14.3. The summed E-state index contributed by atoms with van der Waals surface area (Å²) in [4.78, 5) is 26.6. The van der Waals surface area contributed by atoms with E-state index in [4.69, 9.17) is 4.74 Å². The second-order valence-corrected chi connectivity index (χ2v) is 6.25. The van der Waals surface area contributed by atoms with E-state index in [-0.39, 0.29) is 0 Å². The highest BCUT2D eigenvalue weighted by Crippen LogP contribution is 2.34. The number of carbonyl (C=O) groups is 2. The van der Waals surface area contributed by atoms with E-state index in [1.165, 1.54) is 4.90 Å². The first-order chi connectivity index (χ1) is 9.60. The lowest BCUT2D eigenvalue weighted by Gasteiger charge is -2.15. The van der Waals surface area contributed by atoms with Crippen LogP contribution in [0.5, 0.6) is 5.75 Å². The van der Waals surface area contributed by atoms with Gasteiger partial charge in [0.1, 0.15) is 5.75 Å². The lowest BCUT2D eigenvalue weighted by Crippen LogP contribution is -2.28. The van der Waals surface area contributed by atoms with Crippen molar-refractivity contribution in [2.24, 2.45) is 0 Å². The average Bonchev–Trinajstić information content (AvgIpc) is 2.96. The van der Waals surface area contributed by atoms with Crippen LogP contribution in [0.4, 0.5) is 5.69 Å². The van der Waals surface area contributed by atoms with Crippen molar-refractivity contribution in [3.8, 4) is 5.75 Å². The van der Waals surface area contributed by atoms with E-state index >= 15 is 0 Å². The molecule has 0 aliphatic carbocycles. The molecule has 0 spiro atoms. The van der Waals surface area contributed by atoms with E-state index in [0.29, 0.717) is 23.5 Å². The Labute approximate surface area is 128 Å². The van der Waals surface area contributed by atoms with E-state index < -0.39 is 11.7 Å². The van der Waals surface area contributed by atoms with Crippen LogP contribution in [0.3, 0.4) is 0 Å². The summed E-state index contributed by atoms with van der Waals surface area (Å²) in [5, 5.41) is 1.95. The molecule has 102 valence electrons. The standard InChI is InChI=1S/C14H10BrNO3S/c1-19-9-2-3-11-12(5-9)16(14(18)13(11)17)6-10-4-8(15)7-20-10/h2-5,7H,6H2,1H3. The Kier molecular flexibility index (Phi) is 3.35. The summed E-state index contributed by atoms with van der Waals surface area (Å²) < 4.78 is 6.13. The molecule has 0 bridgehead atoms. The summed E-state index contributed by atoms with van der Waals surface area (Å²) in [7, 11) is 1.56. The number of ketones is 1. The summed E-state index contributed by atoms with van der Waals surface area (Å²) in [5.74, 6) is -0.320. The smallest absolute Gasteiger partial charge is 0.299 e. The van der Waals surface area contributed by atoms with Crippen molar-refractivity contribution in [1.82, 2.24) is 0 Å². The number of methoxy groups -OCH3 is 1. The van der Waals surface area contributed by atoms with Crippen LogP contribution in [0.1, 0.15) is 15.2 Å². The van der Waals surface area contributed by atoms with Crippen LogP contribution in [0.25, 0.3) is 0 Å². The molecule has 20 heavy (non-hydrogen) atoms. The van der Waals surface area contributed by atoms with Gasteiger partial charge in [-0.3, -0.25) is 14.5 Å². The van der Waals surface area contributed by atoms with Gasteiger partial charge in [0.2, 0.25) is 0 Å². The molecular formula is C14H10BrNO3S. The zero-order valence-electron chi connectivity index (χ0n) is 10.6. The Hall–Kier alpha value is -1.66. The third-order valence-electron chi connectivity index (χ3n) is 3.12. The van der Waals surface area contributed by atoms with Crippen molar-refractivity contribution < 1.29 is 14.3 Å². The van der Waals surface area contributed by atoms with Crippen LogP contribution in [0, 0.1) is 0 Å². The van der Waals surface area contributed by atoms with Gasteiger partial charge in [0.15, 0.2) is 0 Å². The number of hydrogen-bond donors (Lipinski definition) is 0. The van der Waals surface area contributed by atoms with Crippen LogP contribution in [0.2, 0.25) is 0 Å². The second-order valence-electron chi connectivity index (χ2n) is 4.33. The fourth-order valence-corrected chi connectivity index (χ4v) is 3.59. The summed E-state index contributed by atoms with van der Waals surface area (Å²) in [6, 6.07) is 7.00. The number of fused-ring (bicyclic) bond motifs is 1. The fraction of sp³-hybridized carbons (Fsp3) is 0.143. The number of benzene rings is 1. The van der Waals surface area contributed by atoms with Crippen LogP contribution in [0.15, 0.2) is 34.1 Å². The molecule has 0 unspecified atom stereocenters. The number of Topliss-reactive ketones (excluding diaryl/α,β-unsaturated/α-hetero) is 1. The predicted molar refractivity (Wildman–Crippen MR) is 80.5 cm³/mol. The Morgan fingerprint density at radius 2 is 2.10 bits per heavy atom. The maximum Gasteiger partial charge on any atom is 0.299 e. The molecule has 0 fully saturated rings. The second kappa shape index (κ2) is 5.03. The zero-order valence-corrected chi connectivity index (χ0v) is 13.0. The van der Waals surface area contributed by atoms with E-state index in [9.17, 15) is 9.59 Å². The number of halogens is 1. The van der Waals surface area contributed by atoms with Crippen LogP contribution in [-0.4, -0.2) is 18.8 Å². The third kappa shape index (κ3) is 2.14. The number of amides is 1. The number of ether oxygens (including phenoxy) is 1. The average molecular weight is 352 g/mol. The Bertz CT molecular complexity index is 710. The Balaban J connectivity index is 2.00. The molecular weight excluding hydrogens is 342 g/mol. The molecule has 1 aliphatic rings. The summed E-state index contributed by atoms with van der Waals surface area (Å²) in [6.07, 6.45) is 0. The molecule has 3 rings (SSSR count). The molecule has 6 heteroatoms. The SMILES string of the molecule is COc1ccc2c(c1)N(Cc1cc(Br)cs1)C(=O)C2=O. The van der Waals surface area contributed by atoms with Gasteiger partial charge in [-0.1, -0.05) is 0 Å². The van der Waals surface area contributed by atoms with Gasteiger partial charge in [-0.15, -0.1) is 11.3 Å². The van der Waals surface area contributed by atoms with Gasteiger partial charge in [0.05, 0.1) is 24.9 Å². The highest BCUT2D eigenvalue weighted by molar-refractivity contribution is 9.10. The maximum atomic E-state index is 12.1. The first kappa shape index (κ1) is 13.3. The molecule has 0 saturated heterocycles. The van der Waals surface area contributed by atoms with E-state index in [0.717, 1.165) is 9.35 Å². The lowest BCUT2D eigenvalue weighted by molar-refractivity contribution is -0.114. The maximum absolute atomic E-state index is 12.1. The van der Waals surface area contributed by atoms with Crippen molar-refractivity contribution in [2.45, 2.75) is 6.54 Å². The van der Waals surface area contributed by atoms with Crippen LogP contribution < -0.4 is 9.64 Å². The molecule has 1 aromatic carbocycles. The van der Waals surface area contributed by atoms with Crippen LogP contribution >= 0.6 is 27.3 Å². The van der Waals surface area contributed by atoms with Gasteiger partial charge in [-0.25, -0.2) is 0 Å². The summed E-state index contributed by atoms with van der Waals surface area (Å²) >= 11 is 4.92. The molecule has 2 heterocycles. The number of thiophene rings is 1. The van der Waals surface area contributed by atoms with Gasteiger partial charge in [0.25, 0.3) is 11.7 Å². The van der Waals surface area contributed by atoms with Crippen molar-refractivity contribution >= 4 is 44.6 Å². The first-order valence-corrected chi connectivity index (χ1v) is 7.54. The fourth-order valence-electron chi connectivity index (χ4n) is 2.15. The van der Waals surface area contributed by atoms with Gasteiger partial charge in [-0.05, 0) is 34.1 Å². The van der Waals surface area contributed by atoms with Gasteiger partial charge in [0, 0.05) is 20.8 Å². The van der Waals surface area contributed by atoms with E-state index in [1.807, 2.05) is 11.4 Å². The summed E-state index contributed by atoms with van der Waals surface area (Å²) in [5.41, 5.74) is 1.05. The van der Waals surface area contributed by atoms with Gasteiger partial charge in [-0.2, -0.15) is 0 Å². The number of carbonyl (C=O) groups excluding carboxylic acids is 2. The molecule has 0 radical (unpaired) electrons. The van der Waals surface area contributed by atoms with Gasteiger partial charge >= 0.3 is 0 Å². The number of hydrogen-bond acceptors (Lipinski definition) is 4. The topological polar surface area (TPSA) is 46.6 Å². The highest BCUT2D eigenvalue weighted by Gasteiger charge is 2.36. The third-order valence-corrected chi connectivity index (χ3v) is 4.80. The first-order valence-electron chi connectivity index (χ1n) is 5.87. The molecule has 0 atom stereocenters. The minimum Gasteiger partial charge on any atom is -0.497 e. The number of anilines is 1. The molecule has 1 aromatic heterocycles. The van der Waals surface area contributed by atoms with E-state index in [2.05, 4.69) is 15.9 Å². The Morgan fingerprint density at radius 3 is 2.75 bits per heavy atom. The molecule has 2 aromatic rings. The molecule has 4 nitrogen and oxygen atoms in total. The van der Waals surface area contributed by atoms with Gasteiger partial charge < -0.3 is 4.74 Å². The van der Waals surface area contributed by atoms with E-state index in [1.54, 1.807) is 36.6 Å². The normalized spacial score (nSPS) is 13.8. The number of rotatable bonds is 3.